The Bertz CT molecular complexity index is 806. The van der Waals surface area contributed by atoms with Crippen molar-refractivity contribution < 1.29 is 0 Å². The monoisotopic (exact) mass is 359 g/mol. The molecule has 3 aromatic heterocycles. The third-order valence-electron chi connectivity index (χ3n) is 4.51. The number of hydrogen-bond acceptors (Lipinski definition) is 5. The van der Waals surface area contributed by atoms with E-state index in [2.05, 4.69) is 49.7 Å². The van der Waals surface area contributed by atoms with Crippen LogP contribution in [0.15, 0.2) is 23.6 Å². The maximum atomic E-state index is 5.78. The molecule has 24 heavy (non-hydrogen) atoms. The summed E-state index contributed by atoms with van der Waals surface area (Å²) in [7, 11) is 0. The van der Waals surface area contributed by atoms with Gasteiger partial charge in [0.25, 0.3) is 0 Å². The average Bonchev–Trinajstić information content (AvgIpc) is 3.21. The summed E-state index contributed by atoms with van der Waals surface area (Å²) in [5.74, 6) is 0.467. The highest BCUT2D eigenvalue weighted by Gasteiger charge is 2.16. The van der Waals surface area contributed by atoms with Crippen LogP contribution in [0.2, 0.25) is 0 Å². The average molecular weight is 360 g/mol. The molecule has 1 unspecified atom stereocenters. The van der Waals surface area contributed by atoms with Crippen LogP contribution < -0.4 is 11.1 Å². The standard InChI is InChI=1S/C19H25N3S2/c1-4-12(2)15-10-16(21-11-14-6-5-9-23-14)19-18(22-15)13(3)17(24-19)7-8-20/h5-6,9-10,12H,4,7-8,11,20H2,1-3H3,(H,21,22). The fraction of sp³-hybridized carbons (Fsp3) is 0.421. The third kappa shape index (κ3) is 3.48. The van der Waals surface area contributed by atoms with Gasteiger partial charge in [0, 0.05) is 22.0 Å². The van der Waals surface area contributed by atoms with E-state index < -0.39 is 0 Å². The predicted molar refractivity (Wildman–Crippen MR) is 107 cm³/mol. The van der Waals surface area contributed by atoms with Gasteiger partial charge in [-0.25, -0.2) is 0 Å². The van der Waals surface area contributed by atoms with Gasteiger partial charge < -0.3 is 11.1 Å². The molecule has 128 valence electrons. The Kier molecular flexibility index (Phi) is 5.54. The summed E-state index contributed by atoms with van der Waals surface area (Å²) in [6, 6.07) is 6.51. The number of thiophene rings is 2. The lowest BCUT2D eigenvalue weighted by molar-refractivity contribution is 0.712. The Morgan fingerprint density at radius 2 is 2.21 bits per heavy atom. The Labute approximate surface area is 151 Å². The zero-order chi connectivity index (χ0) is 17.1. The number of nitrogens with one attached hydrogen (secondary N) is 1. The minimum Gasteiger partial charge on any atom is -0.379 e. The maximum Gasteiger partial charge on any atom is 0.0866 e. The highest BCUT2D eigenvalue weighted by molar-refractivity contribution is 7.19. The zero-order valence-corrected chi connectivity index (χ0v) is 16.2. The van der Waals surface area contributed by atoms with E-state index in [1.54, 1.807) is 11.3 Å². The fourth-order valence-corrected chi connectivity index (χ4v) is 4.70. The summed E-state index contributed by atoms with van der Waals surface area (Å²) >= 11 is 3.63. The van der Waals surface area contributed by atoms with Crippen molar-refractivity contribution in [1.82, 2.24) is 4.98 Å². The van der Waals surface area contributed by atoms with Gasteiger partial charge in [0.15, 0.2) is 0 Å². The molecule has 0 radical (unpaired) electrons. The molecule has 0 aromatic carbocycles. The molecule has 3 N–H and O–H groups in total. The second-order valence-electron chi connectivity index (χ2n) is 6.20. The summed E-state index contributed by atoms with van der Waals surface area (Å²) in [4.78, 5) is 7.70. The Morgan fingerprint density at radius 1 is 1.38 bits per heavy atom. The summed E-state index contributed by atoms with van der Waals surface area (Å²) in [5, 5.41) is 5.77. The van der Waals surface area contributed by atoms with Crippen molar-refractivity contribution in [2.75, 3.05) is 11.9 Å². The van der Waals surface area contributed by atoms with Gasteiger partial charge in [0.2, 0.25) is 0 Å². The summed E-state index contributed by atoms with van der Waals surface area (Å²) in [6.45, 7) is 8.19. The van der Waals surface area contributed by atoms with Crippen molar-refractivity contribution in [2.24, 2.45) is 5.73 Å². The molecule has 0 saturated carbocycles. The van der Waals surface area contributed by atoms with Crippen molar-refractivity contribution in [3.05, 3.63) is 44.6 Å². The number of fused-ring (bicyclic) bond motifs is 1. The molecule has 0 bridgehead atoms. The molecule has 0 spiro atoms. The van der Waals surface area contributed by atoms with Crippen molar-refractivity contribution in [3.8, 4) is 0 Å². The van der Waals surface area contributed by atoms with Crippen LogP contribution in [-0.4, -0.2) is 11.5 Å². The molecular weight excluding hydrogens is 334 g/mol. The lowest BCUT2D eigenvalue weighted by Gasteiger charge is -2.13. The zero-order valence-electron chi connectivity index (χ0n) is 14.6. The molecule has 0 saturated heterocycles. The van der Waals surface area contributed by atoms with Crippen molar-refractivity contribution in [1.29, 1.82) is 0 Å². The first-order valence-corrected chi connectivity index (χ1v) is 10.2. The highest BCUT2D eigenvalue weighted by Crippen LogP contribution is 2.37. The largest absolute Gasteiger partial charge is 0.379 e. The summed E-state index contributed by atoms with van der Waals surface area (Å²) in [5.41, 5.74) is 10.6. The number of pyridine rings is 1. The molecular formula is C19H25N3S2. The van der Waals surface area contributed by atoms with Crippen LogP contribution in [-0.2, 0) is 13.0 Å². The number of aryl methyl sites for hydroxylation is 1. The Hall–Kier alpha value is -1.43. The summed E-state index contributed by atoms with van der Waals surface area (Å²) in [6.07, 6.45) is 2.03. The van der Waals surface area contributed by atoms with Gasteiger partial charge in [0.05, 0.1) is 15.9 Å². The van der Waals surface area contributed by atoms with E-state index >= 15 is 0 Å². The normalized spacial score (nSPS) is 12.7. The number of hydrogen-bond donors (Lipinski definition) is 2. The third-order valence-corrected chi connectivity index (χ3v) is 6.76. The number of aromatic nitrogens is 1. The topological polar surface area (TPSA) is 50.9 Å². The van der Waals surface area contributed by atoms with Crippen molar-refractivity contribution in [2.45, 2.75) is 46.1 Å². The molecule has 0 amide bonds. The van der Waals surface area contributed by atoms with E-state index in [1.807, 2.05) is 11.3 Å². The van der Waals surface area contributed by atoms with Crippen LogP contribution in [0.1, 0.15) is 47.2 Å². The van der Waals surface area contributed by atoms with Gasteiger partial charge in [-0.15, -0.1) is 22.7 Å². The van der Waals surface area contributed by atoms with E-state index in [0.29, 0.717) is 12.5 Å². The number of nitrogens with zero attached hydrogens (tertiary/aromatic N) is 1. The minimum absolute atomic E-state index is 0.467. The van der Waals surface area contributed by atoms with E-state index in [9.17, 15) is 0 Å². The van der Waals surface area contributed by atoms with Crippen LogP contribution in [0, 0.1) is 6.92 Å². The van der Waals surface area contributed by atoms with E-state index in [1.165, 1.54) is 31.4 Å². The number of nitrogens with two attached hydrogens (primary N) is 1. The van der Waals surface area contributed by atoms with Crippen LogP contribution >= 0.6 is 22.7 Å². The molecule has 0 aliphatic heterocycles. The van der Waals surface area contributed by atoms with Gasteiger partial charge in [-0.2, -0.15) is 0 Å². The second-order valence-corrected chi connectivity index (χ2v) is 8.34. The van der Waals surface area contributed by atoms with Crippen LogP contribution in [0.3, 0.4) is 0 Å². The first-order valence-electron chi connectivity index (χ1n) is 8.53. The molecule has 1 atom stereocenters. The number of rotatable bonds is 7. The van der Waals surface area contributed by atoms with E-state index in [4.69, 9.17) is 10.7 Å². The molecule has 3 nitrogen and oxygen atoms in total. The quantitative estimate of drug-likeness (QED) is 0.602. The van der Waals surface area contributed by atoms with E-state index in [0.717, 1.165) is 24.9 Å². The van der Waals surface area contributed by atoms with Crippen molar-refractivity contribution in [3.63, 3.8) is 0 Å². The lowest BCUT2D eigenvalue weighted by Crippen LogP contribution is -2.02. The van der Waals surface area contributed by atoms with Crippen LogP contribution in [0.5, 0.6) is 0 Å². The van der Waals surface area contributed by atoms with Crippen LogP contribution in [0.4, 0.5) is 5.69 Å². The van der Waals surface area contributed by atoms with Gasteiger partial charge in [-0.3, -0.25) is 4.98 Å². The second kappa shape index (κ2) is 7.64. The first kappa shape index (κ1) is 17.4. The van der Waals surface area contributed by atoms with Crippen LogP contribution in [0.25, 0.3) is 10.2 Å². The molecule has 3 aromatic rings. The molecule has 0 aliphatic carbocycles. The lowest BCUT2D eigenvalue weighted by atomic mass is 10.0. The van der Waals surface area contributed by atoms with Gasteiger partial charge in [-0.05, 0) is 55.3 Å². The Balaban J connectivity index is 2.04. The molecule has 5 heteroatoms. The highest BCUT2D eigenvalue weighted by atomic mass is 32.1. The van der Waals surface area contributed by atoms with Gasteiger partial charge >= 0.3 is 0 Å². The van der Waals surface area contributed by atoms with Crippen molar-refractivity contribution >= 4 is 38.6 Å². The van der Waals surface area contributed by atoms with Gasteiger partial charge in [-0.1, -0.05) is 19.9 Å². The smallest absolute Gasteiger partial charge is 0.0866 e. The first-order chi connectivity index (χ1) is 11.6. The van der Waals surface area contributed by atoms with E-state index in [-0.39, 0.29) is 0 Å². The summed E-state index contributed by atoms with van der Waals surface area (Å²) < 4.78 is 1.26. The fourth-order valence-electron chi connectivity index (χ4n) is 2.80. The molecule has 0 aliphatic rings. The van der Waals surface area contributed by atoms with Gasteiger partial charge in [0.1, 0.15) is 0 Å². The number of anilines is 1. The molecule has 3 rings (SSSR count). The maximum absolute atomic E-state index is 5.78. The molecule has 0 fully saturated rings. The predicted octanol–water partition coefficient (Wildman–Crippen LogP) is 5.29. The molecule has 3 heterocycles. The SMILES string of the molecule is CCC(C)c1cc(NCc2cccs2)c2sc(CCN)c(C)c2n1. The minimum atomic E-state index is 0.467. The Morgan fingerprint density at radius 3 is 2.88 bits per heavy atom.